The zero-order valence-corrected chi connectivity index (χ0v) is 16.6. The van der Waals surface area contributed by atoms with Gasteiger partial charge >= 0.3 is 17.9 Å². The molecule has 2 aromatic carbocycles. The van der Waals surface area contributed by atoms with Crippen molar-refractivity contribution < 1.29 is 28.6 Å². The van der Waals surface area contributed by atoms with Crippen LogP contribution >= 0.6 is 0 Å². The third-order valence-electron chi connectivity index (χ3n) is 4.28. The summed E-state index contributed by atoms with van der Waals surface area (Å²) in [7, 11) is 1.17. The number of methoxy groups -OCH3 is 1. The largest absolute Gasteiger partial charge is 0.465 e. The summed E-state index contributed by atoms with van der Waals surface area (Å²) in [4.78, 5) is 48.9. The molecule has 0 aliphatic heterocycles. The molecule has 0 fully saturated rings. The summed E-state index contributed by atoms with van der Waals surface area (Å²) in [5.74, 6) is -2.26. The lowest BCUT2D eigenvalue weighted by Crippen LogP contribution is -2.25. The molecule has 0 bridgehead atoms. The number of carbonyl (C=O) groups is 3. The minimum absolute atomic E-state index is 0.00564. The lowest BCUT2D eigenvalue weighted by Gasteiger charge is -2.12. The van der Waals surface area contributed by atoms with Crippen LogP contribution in [0.5, 0.6) is 5.75 Å². The van der Waals surface area contributed by atoms with Crippen molar-refractivity contribution in [2.75, 3.05) is 13.7 Å². The van der Waals surface area contributed by atoms with Crippen LogP contribution in [0.15, 0.2) is 77.7 Å². The first kappa shape index (κ1) is 21.5. The van der Waals surface area contributed by atoms with E-state index in [9.17, 15) is 19.2 Å². The van der Waals surface area contributed by atoms with Crippen LogP contribution < -0.4 is 10.3 Å². The number of pyridine rings is 1. The summed E-state index contributed by atoms with van der Waals surface area (Å²) >= 11 is 0. The number of esters is 3. The molecule has 0 radical (unpaired) electrons. The average Bonchev–Trinajstić information content (AvgIpc) is 2.81. The fourth-order valence-electron chi connectivity index (χ4n) is 2.71. The highest BCUT2D eigenvalue weighted by Crippen LogP contribution is 2.19. The molecular formula is C23H19NO7. The number of rotatable bonds is 7. The van der Waals surface area contributed by atoms with Crippen molar-refractivity contribution in [3.8, 4) is 5.75 Å². The van der Waals surface area contributed by atoms with E-state index in [1.54, 1.807) is 60.7 Å². The zero-order chi connectivity index (χ0) is 22.2. The third-order valence-corrected chi connectivity index (χ3v) is 4.28. The van der Waals surface area contributed by atoms with Gasteiger partial charge in [0.1, 0.15) is 12.2 Å². The summed E-state index contributed by atoms with van der Waals surface area (Å²) in [5, 5.41) is 0. The van der Waals surface area contributed by atoms with Gasteiger partial charge in [-0.1, -0.05) is 36.4 Å². The van der Waals surface area contributed by atoms with E-state index in [0.717, 1.165) is 6.07 Å². The van der Waals surface area contributed by atoms with E-state index in [0.29, 0.717) is 5.56 Å². The number of ether oxygens (including phenoxy) is 3. The van der Waals surface area contributed by atoms with Gasteiger partial charge in [0.15, 0.2) is 5.75 Å². The van der Waals surface area contributed by atoms with Gasteiger partial charge in [0.05, 0.1) is 24.8 Å². The van der Waals surface area contributed by atoms with Crippen molar-refractivity contribution in [2.24, 2.45) is 0 Å². The minimum atomic E-state index is -0.786. The van der Waals surface area contributed by atoms with Gasteiger partial charge < -0.3 is 18.8 Å². The molecule has 0 aliphatic rings. The summed E-state index contributed by atoms with van der Waals surface area (Å²) in [6.07, 6.45) is 1.21. The molecule has 0 amide bonds. The van der Waals surface area contributed by atoms with E-state index in [1.807, 2.05) is 0 Å². The topological polar surface area (TPSA) is 101 Å². The molecule has 0 N–H and O–H groups in total. The van der Waals surface area contributed by atoms with Crippen molar-refractivity contribution in [3.05, 3.63) is 100.0 Å². The molecule has 0 saturated heterocycles. The summed E-state index contributed by atoms with van der Waals surface area (Å²) in [6, 6.07) is 17.6. The Morgan fingerprint density at radius 3 is 2.00 bits per heavy atom. The number of hydrogen-bond donors (Lipinski definition) is 0. The zero-order valence-electron chi connectivity index (χ0n) is 16.6. The standard InChI is InChI=1S/C23H19NO7/c1-29-23(28)18-15-24(12-13-30-21(26)16-8-4-2-5-9-16)20(25)14-19(18)31-22(27)17-10-6-3-7-11-17/h2-11,14-15H,12-13H2,1H3. The molecule has 1 aromatic heterocycles. The van der Waals surface area contributed by atoms with Gasteiger partial charge in [-0.25, -0.2) is 14.4 Å². The molecular weight excluding hydrogens is 402 g/mol. The average molecular weight is 421 g/mol. The molecule has 0 aliphatic carbocycles. The number of carbonyl (C=O) groups excluding carboxylic acids is 3. The van der Waals surface area contributed by atoms with E-state index in [1.165, 1.54) is 17.9 Å². The van der Waals surface area contributed by atoms with Gasteiger partial charge in [-0.15, -0.1) is 0 Å². The van der Waals surface area contributed by atoms with Crippen LogP contribution in [0.2, 0.25) is 0 Å². The van der Waals surface area contributed by atoms with Gasteiger partial charge in [0, 0.05) is 12.3 Å². The molecule has 0 unspecified atom stereocenters. The quantitative estimate of drug-likeness (QED) is 0.541. The predicted molar refractivity (Wildman–Crippen MR) is 110 cm³/mol. The second kappa shape index (κ2) is 10.0. The molecule has 3 aromatic rings. The Morgan fingerprint density at radius 2 is 1.42 bits per heavy atom. The van der Waals surface area contributed by atoms with Crippen LogP contribution in [-0.4, -0.2) is 36.2 Å². The fraction of sp³-hybridized carbons (Fsp3) is 0.130. The van der Waals surface area contributed by atoms with Crippen molar-refractivity contribution >= 4 is 17.9 Å². The fourth-order valence-corrected chi connectivity index (χ4v) is 2.71. The maximum Gasteiger partial charge on any atom is 0.343 e. The van der Waals surface area contributed by atoms with Crippen molar-refractivity contribution in [1.29, 1.82) is 0 Å². The Labute approximate surface area is 177 Å². The maximum atomic E-state index is 12.4. The molecule has 8 heteroatoms. The number of nitrogens with zero attached hydrogens (tertiary/aromatic N) is 1. The Kier molecular flexibility index (Phi) is 6.95. The Bertz CT molecular complexity index is 1140. The lowest BCUT2D eigenvalue weighted by molar-refractivity contribution is 0.0486. The van der Waals surface area contributed by atoms with E-state index in [4.69, 9.17) is 14.2 Å². The highest BCUT2D eigenvalue weighted by molar-refractivity contribution is 5.96. The van der Waals surface area contributed by atoms with Crippen LogP contribution in [0.25, 0.3) is 0 Å². The highest BCUT2D eigenvalue weighted by atomic mass is 16.5. The van der Waals surface area contributed by atoms with Gasteiger partial charge in [0.25, 0.3) is 5.56 Å². The van der Waals surface area contributed by atoms with Crippen molar-refractivity contribution in [3.63, 3.8) is 0 Å². The van der Waals surface area contributed by atoms with Crippen LogP contribution in [0, 0.1) is 0 Å². The van der Waals surface area contributed by atoms with Gasteiger partial charge in [-0.2, -0.15) is 0 Å². The molecule has 158 valence electrons. The van der Waals surface area contributed by atoms with E-state index in [-0.39, 0.29) is 30.0 Å². The Hall–Kier alpha value is -4.20. The smallest absolute Gasteiger partial charge is 0.343 e. The monoisotopic (exact) mass is 421 g/mol. The molecule has 1 heterocycles. The second-order valence-corrected chi connectivity index (χ2v) is 6.33. The summed E-state index contributed by atoms with van der Waals surface area (Å²) < 4.78 is 16.3. The molecule has 31 heavy (non-hydrogen) atoms. The molecule has 8 nitrogen and oxygen atoms in total. The van der Waals surface area contributed by atoms with Crippen LogP contribution in [-0.2, 0) is 16.0 Å². The SMILES string of the molecule is COC(=O)c1cn(CCOC(=O)c2ccccc2)c(=O)cc1OC(=O)c1ccccc1. The predicted octanol–water partition coefficient (Wildman–Crippen LogP) is 2.71. The number of benzene rings is 2. The first-order chi connectivity index (χ1) is 15.0. The Morgan fingerprint density at radius 1 is 0.839 bits per heavy atom. The van der Waals surface area contributed by atoms with Gasteiger partial charge in [0.2, 0.25) is 0 Å². The summed E-state index contributed by atoms with van der Waals surface area (Å²) in [5.41, 5.74) is -0.0105. The maximum absolute atomic E-state index is 12.4. The highest BCUT2D eigenvalue weighted by Gasteiger charge is 2.20. The number of hydrogen-bond acceptors (Lipinski definition) is 7. The molecule has 0 spiro atoms. The van der Waals surface area contributed by atoms with E-state index >= 15 is 0 Å². The van der Waals surface area contributed by atoms with Crippen LogP contribution in [0.1, 0.15) is 31.1 Å². The lowest BCUT2D eigenvalue weighted by atomic mass is 10.2. The summed E-state index contributed by atoms with van der Waals surface area (Å²) in [6.45, 7) is -0.105. The molecule has 3 rings (SSSR count). The van der Waals surface area contributed by atoms with Gasteiger partial charge in [-0.05, 0) is 24.3 Å². The van der Waals surface area contributed by atoms with E-state index < -0.39 is 23.5 Å². The van der Waals surface area contributed by atoms with Crippen LogP contribution in [0.3, 0.4) is 0 Å². The third kappa shape index (κ3) is 5.45. The minimum Gasteiger partial charge on any atom is -0.465 e. The van der Waals surface area contributed by atoms with Crippen LogP contribution in [0.4, 0.5) is 0 Å². The second-order valence-electron chi connectivity index (χ2n) is 6.33. The molecule has 0 saturated carbocycles. The first-order valence-electron chi connectivity index (χ1n) is 9.32. The van der Waals surface area contributed by atoms with E-state index in [2.05, 4.69) is 0 Å². The Balaban J connectivity index is 1.76. The number of aromatic nitrogens is 1. The molecule has 0 atom stereocenters. The van der Waals surface area contributed by atoms with Crippen molar-refractivity contribution in [1.82, 2.24) is 4.57 Å². The first-order valence-corrected chi connectivity index (χ1v) is 9.32. The normalized spacial score (nSPS) is 10.2. The van der Waals surface area contributed by atoms with Gasteiger partial charge in [-0.3, -0.25) is 4.79 Å². The van der Waals surface area contributed by atoms with Crippen molar-refractivity contribution in [2.45, 2.75) is 6.54 Å².